The fourth-order valence-electron chi connectivity index (χ4n) is 1.71. The zero-order valence-corrected chi connectivity index (χ0v) is 11.9. The summed E-state index contributed by atoms with van der Waals surface area (Å²) in [5, 5.41) is 0.577. The van der Waals surface area contributed by atoms with Gasteiger partial charge in [0.25, 0.3) is 0 Å². The van der Waals surface area contributed by atoms with Crippen LogP contribution in [-0.4, -0.2) is 19.0 Å². The zero-order chi connectivity index (χ0) is 14.4. The topological polar surface area (TPSA) is 35.5 Å². The lowest BCUT2D eigenvalue weighted by atomic mass is 10.1. The highest BCUT2D eigenvalue weighted by molar-refractivity contribution is 6.30. The average molecular weight is 291 g/mol. The molecule has 0 fully saturated rings. The van der Waals surface area contributed by atoms with Gasteiger partial charge in [-0.25, -0.2) is 0 Å². The molecule has 0 aliphatic carbocycles. The van der Waals surface area contributed by atoms with Crippen LogP contribution in [0.25, 0.3) is 0 Å². The van der Waals surface area contributed by atoms with Crippen molar-refractivity contribution in [1.29, 1.82) is 0 Å². The van der Waals surface area contributed by atoms with E-state index < -0.39 is 0 Å². The summed E-state index contributed by atoms with van der Waals surface area (Å²) in [7, 11) is 0. The van der Waals surface area contributed by atoms with Crippen LogP contribution in [0.3, 0.4) is 0 Å². The van der Waals surface area contributed by atoms with Crippen molar-refractivity contribution in [3.05, 3.63) is 59.1 Å². The van der Waals surface area contributed by atoms with Gasteiger partial charge in [0.05, 0.1) is 6.61 Å². The first-order valence-electron chi connectivity index (χ1n) is 6.33. The number of halogens is 1. The lowest BCUT2D eigenvalue weighted by molar-refractivity contribution is 0.0921. The molecule has 0 amide bonds. The molecule has 20 heavy (non-hydrogen) atoms. The van der Waals surface area contributed by atoms with Crippen LogP contribution >= 0.6 is 11.6 Å². The number of carbonyl (C=O) groups excluding carboxylic acids is 1. The van der Waals surface area contributed by atoms with Crippen LogP contribution in [0.2, 0.25) is 5.02 Å². The minimum absolute atomic E-state index is 0.0318. The molecule has 2 aromatic rings. The Balaban J connectivity index is 1.99. The molecule has 0 heterocycles. The van der Waals surface area contributed by atoms with Gasteiger partial charge >= 0.3 is 0 Å². The molecule has 2 aromatic carbocycles. The van der Waals surface area contributed by atoms with Gasteiger partial charge in [-0.15, -0.1) is 0 Å². The molecular formula is C16H15ClO3. The van der Waals surface area contributed by atoms with Crippen LogP contribution in [-0.2, 0) is 0 Å². The Kier molecular flexibility index (Phi) is 5.02. The highest BCUT2D eigenvalue weighted by Gasteiger charge is 2.08. The summed E-state index contributed by atoms with van der Waals surface area (Å²) in [6.07, 6.45) is 0. The summed E-state index contributed by atoms with van der Waals surface area (Å²) in [6.45, 7) is 2.43. The molecule has 0 atom stereocenters. The van der Waals surface area contributed by atoms with Crippen molar-refractivity contribution in [2.45, 2.75) is 6.92 Å². The van der Waals surface area contributed by atoms with E-state index in [4.69, 9.17) is 21.1 Å². The quantitative estimate of drug-likeness (QED) is 0.754. The molecule has 0 radical (unpaired) electrons. The van der Waals surface area contributed by atoms with E-state index in [9.17, 15) is 4.79 Å². The van der Waals surface area contributed by atoms with Gasteiger partial charge in [-0.3, -0.25) is 4.79 Å². The van der Waals surface area contributed by atoms with Crippen LogP contribution in [0.15, 0.2) is 48.5 Å². The summed E-state index contributed by atoms with van der Waals surface area (Å²) in [5.74, 6) is 1.15. The molecule has 0 spiro atoms. The predicted molar refractivity (Wildman–Crippen MR) is 78.9 cm³/mol. The molecule has 0 unspecified atom stereocenters. The van der Waals surface area contributed by atoms with Gasteiger partial charge in [0.15, 0.2) is 12.4 Å². The van der Waals surface area contributed by atoms with Crippen LogP contribution in [0.4, 0.5) is 0 Å². The first kappa shape index (κ1) is 14.4. The second-order valence-electron chi connectivity index (χ2n) is 4.13. The first-order valence-corrected chi connectivity index (χ1v) is 6.71. The molecule has 0 N–H and O–H groups in total. The van der Waals surface area contributed by atoms with E-state index in [2.05, 4.69) is 0 Å². The van der Waals surface area contributed by atoms with E-state index in [0.29, 0.717) is 28.7 Å². The second kappa shape index (κ2) is 6.96. The number of hydrogen-bond acceptors (Lipinski definition) is 3. The van der Waals surface area contributed by atoms with Crippen molar-refractivity contribution in [2.24, 2.45) is 0 Å². The van der Waals surface area contributed by atoms with Gasteiger partial charge in [-0.05, 0) is 37.3 Å². The van der Waals surface area contributed by atoms with E-state index >= 15 is 0 Å². The summed E-state index contributed by atoms with van der Waals surface area (Å²) >= 11 is 5.85. The standard InChI is InChI=1S/C16H15ClO3/c1-2-19-14-7-3-5-12(9-14)16(18)11-20-15-8-4-6-13(17)10-15/h3-10H,2,11H2,1H3. The fourth-order valence-corrected chi connectivity index (χ4v) is 1.90. The third-order valence-corrected chi connectivity index (χ3v) is 2.87. The molecule has 0 bridgehead atoms. The Hall–Kier alpha value is -2.00. The first-order chi connectivity index (χ1) is 9.69. The highest BCUT2D eigenvalue weighted by Crippen LogP contribution is 2.18. The largest absolute Gasteiger partial charge is 0.494 e. The van der Waals surface area contributed by atoms with E-state index in [-0.39, 0.29) is 12.4 Å². The smallest absolute Gasteiger partial charge is 0.200 e. The van der Waals surface area contributed by atoms with E-state index in [1.54, 1.807) is 42.5 Å². The molecule has 3 nitrogen and oxygen atoms in total. The molecule has 0 aliphatic rings. The van der Waals surface area contributed by atoms with Gasteiger partial charge in [0, 0.05) is 10.6 Å². The maximum atomic E-state index is 12.0. The molecule has 4 heteroatoms. The fraction of sp³-hybridized carbons (Fsp3) is 0.188. The number of benzene rings is 2. The minimum atomic E-state index is -0.105. The summed E-state index contributed by atoms with van der Waals surface area (Å²) < 4.78 is 10.8. The summed E-state index contributed by atoms with van der Waals surface area (Å²) in [5.41, 5.74) is 0.568. The Morgan fingerprint density at radius 1 is 1.05 bits per heavy atom. The maximum Gasteiger partial charge on any atom is 0.200 e. The van der Waals surface area contributed by atoms with Crippen LogP contribution in [0.5, 0.6) is 11.5 Å². The van der Waals surface area contributed by atoms with Gasteiger partial charge in [0.2, 0.25) is 0 Å². The third-order valence-electron chi connectivity index (χ3n) is 2.63. The van der Waals surface area contributed by atoms with E-state index in [1.807, 2.05) is 13.0 Å². The zero-order valence-electron chi connectivity index (χ0n) is 11.1. The number of carbonyl (C=O) groups is 1. The number of ether oxygens (including phenoxy) is 2. The van der Waals surface area contributed by atoms with Crippen LogP contribution in [0.1, 0.15) is 17.3 Å². The van der Waals surface area contributed by atoms with E-state index in [1.165, 1.54) is 0 Å². The monoisotopic (exact) mass is 290 g/mol. The van der Waals surface area contributed by atoms with Crippen molar-refractivity contribution in [1.82, 2.24) is 0 Å². The number of ketones is 1. The maximum absolute atomic E-state index is 12.0. The minimum Gasteiger partial charge on any atom is -0.494 e. The predicted octanol–water partition coefficient (Wildman–Crippen LogP) is 4.00. The number of hydrogen-bond donors (Lipinski definition) is 0. The second-order valence-corrected chi connectivity index (χ2v) is 4.57. The van der Waals surface area contributed by atoms with Crippen LogP contribution < -0.4 is 9.47 Å². The molecule has 0 saturated heterocycles. The molecular weight excluding hydrogens is 276 g/mol. The lowest BCUT2D eigenvalue weighted by Crippen LogP contribution is -2.11. The van der Waals surface area contributed by atoms with Crippen LogP contribution in [0, 0.1) is 0 Å². The Bertz CT molecular complexity index is 596. The van der Waals surface area contributed by atoms with E-state index in [0.717, 1.165) is 0 Å². The molecule has 0 saturated carbocycles. The highest BCUT2D eigenvalue weighted by atomic mass is 35.5. The third kappa shape index (κ3) is 4.00. The van der Waals surface area contributed by atoms with Crippen molar-refractivity contribution in [3.8, 4) is 11.5 Å². The summed E-state index contributed by atoms with van der Waals surface area (Å²) in [4.78, 5) is 12.0. The number of Topliss-reactive ketones (excluding diaryl/α,β-unsaturated/α-hetero) is 1. The normalized spacial score (nSPS) is 10.1. The Labute approximate surface area is 123 Å². The van der Waals surface area contributed by atoms with Crippen molar-refractivity contribution in [2.75, 3.05) is 13.2 Å². The summed E-state index contributed by atoms with van der Waals surface area (Å²) in [6, 6.07) is 14.0. The van der Waals surface area contributed by atoms with Gasteiger partial charge in [-0.2, -0.15) is 0 Å². The Morgan fingerprint density at radius 3 is 2.45 bits per heavy atom. The SMILES string of the molecule is CCOc1cccc(C(=O)COc2cccc(Cl)c2)c1. The van der Waals surface area contributed by atoms with Crippen molar-refractivity contribution in [3.63, 3.8) is 0 Å². The number of rotatable bonds is 6. The molecule has 2 rings (SSSR count). The molecule has 104 valence electrons. The molecule has 0 aliphatic heterocycles. The van der Waals surface area contributed by atoms with Gasteiger partial charge in [0.1, 0.15) is 11.5 Å². The van der Waals surface area contributed by atoms with Gasteiger partial charge < -0.3 is 9.47 Å². The molecule has 0 aromatic heterocycles. The van der Waals surface area contributed by atoms with Gasteiger partial charge in [-0.1, -0.05) is 29.8 Å². The van der Waals surface area contributed by atoms with Crippen molar-refractivity contribution < 1.29 is 14.3 Å². The Morgan fingerprint density at radius 2 is 1.75 bits per heavy atom. The average Bonchev–Trinajstić information content (AvgIpc) is 2.45. The lowest BCUT2D eigenvalue weighted by Gasteiger charge is -2.07. The van der Waals surface area contributed by atoms with Crippen molar-refractivity contribution >= 4 is 17.4 Å².